The standard InChI is InChI=1S/C26H29FN4O3/c1-3-29-17-21(26(34)28-10-9-19-7-5-4-6-8-19)25(33)20-15-22(27)24(16-23(20)29)31-13-11-30(12-14-31)18(2)32/h4-8,15-17H,3,9-14H2,1-2H3,(H,28,34). The molecule has 1 aliphatic heterocycles. The Balaban J connectivity index is 1.59. The molecule has 1 aromatic heterocycles. The van der Waals surface area contributed by atoms with E-state index in [4.69, 9.17) is 0 Å². The first kappa shape index (κ1) is 23.5. The monoisotopic (exact) mass is 464 g/mol. The van der Waals surface area contributed by atoms with Crippen molar-refractivity contribution in [2.24, 2.45) is 0 Å². The van der Waals surface area contributed by atoms with E-state index >= 15 is 4.39 Å². The molecule has 0 atom stereocenters. The number of hydrogen-bond acceptors (Lipinski definition) is 4. The molecular weight excluding hydrogens is 435 g/mol. The van der Waals surface area contributed by atoms with Gasteiger partial charge in [0.1, 0.15) is 11.4 Å². The molecule has 0 unspecified atom stereocenters. The normalized spacial score (nSPS) is 13.9. The summed E-state index contributed by atoms with van der Waals surface area (Å²) < 4.78 is 16.9. The van der Waals surface area contributed by atoms with Crippen LogP contribution in [-0.4, -0.2) is 54.0 Å². The van der Waals surface area contributed by atoms with Crippen LogP contribution in [0.3, 0.4) is 0 Å². The van der Waals surface area contributed by atoms with Gasteiger partial charge in [-0.25, -0.2) is 4.39 Å². The quantitative estimate of drug-likeness (QED) is 0.609. The zero-order valence-corrected chi connectivity index (χ0v) is 19.5. The lowest BCUT2D eigenvalue weighted by Crippen LogP contribution is -2.48. The fraction of sp³-hybridized carbons (Fsp3) is 0.346. The van der Waals surface area contributed by atoms with Gasteiger partial charge in [0.25, 0.3) is 5.91 Å². The number of nitrogens with zero attached hydrogens (tertiary/aromatic N) is 3. The molecule has 34 heavy (non-hydrogen) atoms. The van der Waals surface area contributed by atoms with Crippen molar-refractivity contribution in [1.82, 2.24) is 14.8 Å². The van der Waals surface area contributed by atoms with Gasteiger partial charge in [-0.3, -0.25) is 14.4 Å². The zero-order chi connectivity index (χ0) is 24.2. The van der Waals surface area contributed by atoms with Gasteiger partial charge in [-0.15, -0.1) is 0 Å². The second-order valence-corrected chi connectivity index (χ2v) is 8.46. The topological polar surface area (TPSA) is 74.7 Å². The maximum atomic E-state index is 15.1. The van der Waals surface area contributed by atoms with Crippen LogP contribution < -0.4 is 15.6 Å². The third-order valence-corrected chi connectivity index (χ3v) is 6.34. The van der Waals surface area contributed by atoms with Crippen LogP contribution >= 0.6 is 0 Å². The molecule has 0 aliphatic carbocycles. The second-order valence-electron chi connectivity index (χ2n) is 8.46. The highest BCUT2D eigenvalue weighted by Crippen LogP contribution is 2.26. The maximum absolute atomic E-state index is 15.1. The first-order chi connectivity index (χ1) is 16.4. The third kappa shape index (κ3) is 4.81. The Bertz CT molecular complexity index is 1260. The van der Waals surface area contributed by atoms with Crippen molar-refractivity contribution in [2.45, 2.75) is 26.8 Å². The van der Waals surface area contributed by atoms with E-state index < -0.39 is 17.2 Å². The highest BCUT2D eigenvalue weighted by molar-refractivity contribution is 5.97. The number of aryl methyl sites for hydroxylation is 1. The van der Waals surface area contributed by atoms with Gasteiger partial charge in [-0.2, -0.15) is 0 Å². The first-order valence-electron chi connectivity index (χ1n) is 11.6. The molecule has 178 valence electrons. The summed E-state index contributed by atoms with van der Waals surface area (Å²) in [6, 6.07) is 12.7. The summed E-state index contributed by atoms with van der Waals surface area (Å²) in [7, 11) is 0. The number of fused-ring (bicyclic) bond motifs is 1. The molecule has 1 fully saturated rings. The van der Waals surface area contributed by atoms with Gasteiger partial charge < -0.3 is 19.7 Å². The summed E-state index contributed by atoms with van der Waals surface area (Å²) in [5.74, 6) is -0.965. The van der Waals surface area contributed by atoms with Crippen molar-refractivity contribution in [1.29, 1.82) is 0 Å². The number of carbonyl (C=O) groups is 2. The number of amides is 2. The van der Waals surface area contributed by atoms with Crippen LogP contribution in [0.25, 0.3) is 10.9 Å². The molecule has 1 saturated heterocycles. The van der Waals surface area contributed by atoms with Crippen molar-refractivity contribution in [3.63, 3.8) is 0 Å². The number of halogens is 1. The van der Waals surface area contributed by atoms with Crippen LogP contribution in [0.2, 0.25) is 0 Å². The first-order valence-corrected chi connectivity index (χ1v) is 11.6. The molecule has 1 N–H and O–H groups in total. The number of pyridine rings is 1. The molecule has 0 radical (unpaired) electrons. The molecule has 3 aromatic rings. The largest absolute Gasteiger partial charge is 0.366 e. The Morgan fingerprint density at radius 2 is 1.76 bits per heavy atom. The fourth-order valence-electron chi connectivity index (χ4n) is 4.39. The van der Waals surface area contributed by atoms with Crippen molar-refractivity contribution >= 4 is 28.4 Å². The van der Waals surface area contributed by atoms with Crippen LogP contribution in [-0.2, 0) is 17.8 Å². The number of nitrogens with one attached hydrogen (secondary N) is 1. The number of hydrogen-bond donors (Lipinski definition) is 1. The Kier molecular flexibility index (Phi) is 6.95. The van der Waals surface area contributed by atoms with Crippen molar-refractivity contribution < 1.29 is 14.0 Å². The predicted molar refractivity (Wildman–Crippen MR) is 131 cm³/mol. The van der Waals surface area contributed by atoms with Crippen LogP contribution in [0.1, 0.15) is 29.8 Å². The van der Waals surface area contributed by atoms with Crippen LogP contribution in [0.4, 0.5) is 10.1 Å². The number of rotatable bonds is 6. The predicted octanol–water partition coefficient (Wildman–Crippen LogP) is 2.80. The number of aromatic nitrogens is 1. The van der Waals surface area contributed by atoms with E-state index in [0.717, 1.165) is 5.56 Å². The van der Waals surface area contributed by atoms with Gasteiger partial charge in [-0.1, -0.05) is 30.3 Å². The summed E-state index contributed by atoms with van der Waals surface area (Å²) in [5, 5.41) is 2.99. The summed E-state index contributed by atoms with van der Waals surface area (Å²) in [5.41, 5.74) is 1.59. The number of anilines is 1. The van der Waals surface area contributed by atoms with Gasteiger partial charge in [0.2, 0.25) is 11.3 Å². The number of carbonyl (C=O) groups excluding carboxylic acids is 2. The van der Waals surface area contributed by atoms with E-state index in [-0.39, 0.29) is 16.9 Å². The fourth-order valence-corrected chi connectivity index (χ4v) is 4.39. The van der Waals surface area contributed by atoms with E-state index in [1.54, 1.807) is 21.7 Å². The Morgan fingerprint density at radius 3 is 2.41 bits per heavy atom. The molecule has 0 bridgehead atoms. The summed E-state index contributed by atoms with van der Waals surface area (Å²) in [6.45, 7) is 6.43. The molecule has 2 amide bonds. The minimum absolute atomic E-state index is 0.00429. The van der Waals surface area contributed by atoms with Crippen LogP contribution in [0.15, 0.2) is 53.5 Å². The lowest BCUT2D eigenvalue weighted by molar-refractivity contribution is -0.129. The van der Waals surface area contributed by atoms with E-state index in [9.17, 15) is 14.4 Å². The van der Waals surface area contributed by atoms with Gasteiger partial charge >= 0.3 is 0 Å². The van der Waals surface area contributed by atoms with Gasteiger partial charge in [0, 0.05) is 57.8 Å². The van der Waals surface area contributed by atoms with Gasteiger partial charge in [-0.05, 0) is 31.0 Å². The lowest BCUT2D eigenvalue weighted by atomic mass is 10.1. The minimum atomic E-state index is -0.509. The van der Waals surface area contributed by atoms with Crippen LogP contribution in [0.5, 0.6) is 0 Å². The molecule has 7 nitrogen and oxygen atoms in total. The minimum Gasteiger partial charge on any atom is -0.366 e. The summed E-state index contributed by atoms with van der Waals surface area (Å²) in [4.78, 5) is 41.1. The van der Waals surface area contributed by atoms with Crippen LogP contribution in [0, 0.1) is 5.82 Å². The van der Waals surface area contributed by atoms with E-state index in [2.05, 4.69) is 5.32 Å². The average Bonchev–Trinajstić information content (AvgIpc) is 2.85. The second kappa shape index (κ2) is 10.1. The van der Waals surface area contributed by atoms with Crippen molar-refractivity contribution in [3.8, 4) is 0 Å². The molecule has 2 aromatic carbocycles. The highest BCUT2D eigenvalue weighted by atomic mass is 19.1. The summed E-state index contributed by atoms with van der Waals surface area (Å²) >= 11 is 0. The van der Waals surface area contributed by atoms with E-state index in [1.165, 1.54) is 13.0 Å². The Labute approximate surface area is 197 Å². The van der Waals surface area contributed by atoms with E-state index in [0.29, 0.717) is 56.9 Å². The third-order valence-electron chi connectivity index (χ3n) is 6.34. The van der Waals surface area contributed by atoms with E-state index in [1.807, 2.05) is 42.2 Å². The molecule has 0 spiro atoms. The molecule has 2 heterocycles. The molecule has 8 heteroatoms. The van der Waals surface area contributed by atoms with Gasteiger partial charge in [0.15, 0.2) is 0 Å². The highest BCUT2D eigenvalue weighted by Gasteiger charge is 2.23. The van der Waals surface area contributed by atoms with Gasteiger partial charge in [0.05, 0.1) is 11.2 Å². The molecule has 0 saturated carbocycles. The molecular formula is C26H29FN4O3. The average molecular weight is 465 g/mol. The van der Waals surface area contributed by atoms with Crippen molar-refractivity contribution in [2.75, 3.05) is 37.6 Å². The lowest BCUT2D eigenvalue weighted by Gasteiger charge is -2.36. The number of benzene rings is 2. The maximum Gasteiger partial charge on any atom is 0.256 e. The molecule has 4 rings (SSSR count). The Hall–Kier alpha value is -3.68. The smallest absolute Gasteiger partial charge is 0.256 e. The SMILES string of the molecule is CCn1cc(C(=O)NCCc2ccccc2)c(=O)c2cc(F)c(N3CCN(C(C)=O)CC3)cc21. The Morgan fingerprint density at radius 1 is 1.06 bits per heavy atom. The summed E-state index contributed by atoms with van der Waals surface area (Å²) in [6.07, 6.45) is 2.20. The molecule has 1 aliphatic rings. The van der Waals surface area contributed by atoms with Crippen molar-refractivity contribution in [3.05, 3.63) is 75.8 Å². The zero-order valence-electron chi connectivity index (χ0n) is 19.5. The number of piperazine rings is 1.